The lowest BCUT2D eigenvalue weighted by Crippen LogP contribution is -2.36. The zero-order chi connectivity index (χ0) is 56.4. The number of anilines is 1. The predicted molar refractivity (Wildman–Crippen MR) is 296 cm³/mol. The highest BCUT2D eigenvalue weighted by Gasteiger charge is 2.49. The van der Waals surface area contributed by atoms with E-state index >= 15 is 4.57 Å². The number of nitrogens with one attached hydrogen (secondary N) is 2. The summed E-state index contributed by atoms with van der Waals surface area (Å²) in [4.78, 5) is 68.9. The van der Waals surface area contributed by atoms with Gasteiger partial charge >= 0.3 is 31.5 Å². The lowest BCUT2D eigenvalue weighted by atomic mass is 9.78. The SMILES string of the molecule is CCOC(=O)C1=C(C)NC(C)=C(C(=O)OCCCC2(C)COP(=O)(C3=C(C)NC(C)=C(C(=O)OCCN(Cc4ccccc4)c4ccccc4)C3c3cccc([N+](=O)[O-])c3)OC2)C1c1ccccc1/C=C/C(=O)OC(C)(C)C. The fourth-order valence-electron chi connectivity index (χ4n) is 9.89. The minimum absolute atomic E-state index is 0.0156. The molecule has 0 bridgehead atoms. The number of dihydropyridines is 2. The smallest absolute Gasteiger partial charge is 0.360 e. The third-order valence-electron chi connectivity index (χ3n) is 13.5. The lowest BCUT2D eigenvalue weighted by Gasteiger charge is -2.41. The second-order valence-corrected chi connectivity index (χ2v) is 22.8. The Kier molecular flexibility index (Phi) is 18.8. The molecule has 17 nitrogen and oxygen atoms in total. The summed E-state index contributed by atoms with van der Waals surface area (Å²) in [5.41, 5.74) is 4.05. The first-order chi connectivity index (χ1) is 37.1. The van der Waals surface area contributed by atoms with Gasteiger partial charge in [-0.25, -0.2) is 19.2 Å². The Morgan fingerprint density at radius 2 is 1.32 bits per heavy atom. The van der Waals surface area contributed by atoms with Gasteiger partial charge in [-0.05, 0) is 109 Å². The van der Waals surface area contributed by atoms with Crippen LogP contribution in [0.15, 0.2) is 160 Å². The summed E-state index contributed by atoms with van der Waals surface area (Å²) < 4.78 is 50.9. The zero-order valence-corrected chi connectivity index (χ0v) is 46.6. The van der Waals surface area contributed by atoms with Crippen LogP contribution in [0.1, 0.15) is 109 Å². The molecule has 7 rings (SSSR count). The Bertz CT molecular complexity index is 3110. The van der Waals surface area contributed by atoms with Crippen molar-refractivity contribution in [2.24, 2.45) is 5.41 Å². The molecule has 0 aromatic heterocycles. The molecule has 3 aliphatic heterocycles. The number of carbonyl (C=O) groups is 4. The molecule has 1 fully saturated rings. The number of carbonyl (C=O) groups excluding carboxylic acids is 4. The number of esters is 4. The third-order valence-corrected chi connectivity index (χ3v) is 15.6. The molecule has 2 atom stereocenters. The van der Waals surface area contributed by atoms with Gasteiger partial charge in [0.1, 0.15) is 12.2 Å². The quantitative estimate of drug-likeness (QED) is 0.0160. The third kappa shape index (κ3) is 14.1. The molecule has 4 aromatic rings. The van der Waals surface area contributed by atoms with E-state index in [9.17, 15) is 29.3 Å². The molecule has 2 N–H and O–H groups in total. The van der Waals surface area contributed by atoms with Crippen molar-refractivity contribution < 1.29 is 56.7 Å². The number of rotatable bonds is 20. The second-order valence-electron chi connectivity index (χ2n) is 20.8. The van der Waals surface area contributed by atoms with Crippen LogP contribution in [0.3, 0.4) is 0 Å². The topological polar surface area (TPSA) is 211 Å². The highest BCUT2D eigenvalue weighted by atomic mass is 31.2. The van der Waals surface area contributed by atoms with E-state index in [1.54, 1.807) is 91.8 Å². The van der Waals surface area contributed by atoms with Crippen molar-refractivity contribution in [3.63, 3.8) is 0 Å². The van der Waals surface area contributed by atoms with Crippen LogP contribution in [0.4, 0.5) is 11.4 Å². The average Bonchev–Trinajstić information content (AvgIpc) is 3.50. The number of hydrogen-bond donors (Lipinski definition) is 2. The van der Waals surface area contributed by atoms with E-state index in [1.807, 2.05) is 67.6 Å². The summed E-state index contributed by atoms with van der Waals surface area (Å²) in [5.74, 6) is -4.61. The van der Waals surface area contributed by atoms with E-state index in [1.165, 1.54) is 24.3 Å². The molecule has 0 aliphatic carbocycles. The van der Waals surface area contributed by atoms with Crippen molar-refractivity contribution in [2.75, 3.05) is 44.5 Å². The van der Waals surface area contributed by atoms with E-state index < -0.39 is 59.2 Å². The molecule has 1 saturated heterocycles. The number of benzene rings is 4. The number of nitro groups is 1. The molecule has 4 aromatic carbocycles. The number of nitrogens with zero attached hydrogens (tertiary/aromatic N) is 2. The van der Waals surface area contributed by atoms with Gasteiger partial charge < -0.3 is 43.5 Å². The largest absolute Gasteiger partial charge is 0.463 e. The van der Waals surface area contributed by atoms with Crippen LogP contribution in [-0.4, -0.2) is 74.0 Å². The van der Waals surface area contributed by atoms with Gasteiger partial charge in [-0.3, -0.25) is 14.7 Å². The Morgan fingerprint density at radius 3 is 1.94 bits per heavy atom. The molecule has 3 heterocycles. The van der Waals surface area contributed by atoms with E-state index in [0.717, 1.165) is 11.3 Å². The van der Waals surface area contributed by atoms with E-state index in [0.29, 0.717) is 65.4 Å². The summed E-state index contributed by atoms with van der Waals surface area (Å²) in [6.45, 7) is 16.6. The highest BCUT2D eigenvalue weighted by Crippen LogP contribution is 2.67. The van der Waals surface area contributed by atoms with Crippen LogP contribution in [0.5, 0.6) is 0 Å². The maximum absolute atomic E-state index is 15.3. The lowest BCUT2D eigenvalue weighted by molar-refractivity contribution is -0.384. The van der Waals surface area contributed by atoms with Crippen molar-refractivity contribution in [2.45, 2.75) is 99.1 Å². The first-order valence-corrected chi connectivity index (χ1v) is 27.5. The van der Waals surface area contributed by atoms with Crippen LogP contribution in [0.2, 0.25) is 0 Å². The fraction of sp³-hybridized carbons (Fsp3) is 0.367. The molecule has 0 spiro atoms. The van der Waals surface area contributed by atoms with Crippen molar-refractivity contribution in [3.05, 3.63) is 192 Å². The number of para-hydroxylation sites is 1. The predicted octanol–water partition coefficient (Wildman–Crippen LogP) is 11.5. The van der Waals surface area contributed by atoms with Crippen molar-refractivity contribution in [1.82, 2.24) is 10.6 Å². The number of hydrogen-bond acceptors (Lipinski definition) is 16. The van der Waals surface area contributed by atoms with Gasteiger partial charge in [-0.15, -0.1) is 0 Å². The summed E-state index contributed by atoms with van der Waals surface area (Å²) in [7, 11) is -4.25. The number of allylic oxidation sites excluding steroid dienone is 5. The molecule has 2 unspecified atom stereocenters. The van der Waals surface area contributed by atoms with Crippen LogP contribution < -0.4 is 15.5 Å². The van der Waals surface area contributed by atoms with Crippen molar-refractivity contribution in [3.8, 4) is 0 Å². The Balaban J connectivity index is 1.06. The van der Waals surface area contributed by atoms with Gasteiger partial charge in [-0.1, -0.05) is 91.9 Å². The van der Waals surface area contributed by atoms with E-state index in [2.05, 4.69) is 15.5 Å². The summed E-state index contributed by atoms with van der Waals surface area (Å²) in [5, 5.41) is 18.6. The Hall–Kier alpha value is -7.59. The van der Waals surface area contributed by atoms with Crippen LogP contribution >= 0.6 is 7.60 Å². The van der Waals surface area contributed by atoms with Gasteiger partial charge in [0.05, 0.1) is 71.8 Å². The highest BCUT2D eigenvalue weighted by molar-refractivity contribution is 7.58. The molecule has 78 heavy (non-hydrogen) atoms. The zero-order valence-electron chi connectivity index (χ0n) is 45.7. The van der Waals surface area contributed by atoms with Crippen molar-refractivity contribution in [1.29, 1.82) is 0 Å². The fourth-order valence-corrected chi connectivity index (χ4v) is 12.3. The van der Waals surface area contributed by atoms with Gasteiger partial charge in [0, 0.05) is 58.6 Å². The maximum Gasteiger partial charge on any atom is 0.360 e. The molecular weight excluding hydrogens is 1020 g/mol. The summed E-state index contributed by atoms with van der Waals surface area (Å²) in [6.07, 6.45) is 3.63. The molecule has 0 radical (unpaired) electrons. The summed E-state index contributed by atoms with van der Waals surface area (Å²) in [6, 6.07) is 32.6. The number of ether oxygens (including phenoxy) is 4. The molecule has 412 valence electrons. The van der Waals surface area contributed by atoms with Gasteiger partial charge in [0.2, 0.25) is 0 Å². The Labute approximate surface area is 456 Å². The maximum atomic E-state index is 15.3. The minimum Gasteiger partial charge on any atom is -0.463 e. The molecule has 18 heteroatoms. The second kappa shape index (κ2) is 25.3. The monoisotopic (exact) mass is 1080 g/mol. The molecule has 0 saturated carbocycles. The van der Waals surface area contributed by atoms with Crippen LogP contribution in [0.25, 0.3) is 6.08 Å². The average molecular weight is 1090 g/mol. The number of nitro benzene ring substituents is 1. The van der Waals surface area contributed by atoms with E-state index in [4.69, 9.17) is 28.0 Å². The standard InChI is InChI=1S/C60H69N4O13P/c1-10-72-56(66)51-40(3)61-41(4)52(54(51)48-28-18-17-23-44(48)29-30-49(65)77-59(6,7)8)58(68)73-33-20-31-60(9)37-75-78(71,76-38-60)55-42(5)62-39(2)50(53(55)45-24-19-27-47(35-45)64(69)70)57(67)74-34-32-63(46-25-15-12-16-26-46)36-43-21-13-11-14-22-43/h11-19,21-30,35,53-54,61-62H,10,20,31-34,36-38H2,1-9H3/b30-29+. The van der Waals surface area contributed by atoms with Gasteiger partial charge in [0.15, 0.2) is 0 Å². The molecule has 3 aliphatic rings. The van der Waals surface area contributed by atoms with Crippen LogP contribution in [-0.2, 0) is 58.3 Å². The summed E-state index contributed by atoms with van der Waals surface area (Å²) >= 11 is 0. The molecular formula is C60H69N4O13P. The van der Waals surface area contributed by atoms with Gasteiger partial charge in [0.25, 0.3) is 5.69 Å². The first-order valence-electron chi connectivity index (χ1n) is 26.0. The van der Waals surface area contributed by atoms with Gasteiger partial charge in [-0.2, -0.15) is 0 Å². The first kappa shape index (κ1) is 58.1. The Morgan fingerprint density at radius 1 is 0.756 bits per heavy atom. The molecule has 0 amide bonds. The van der Waals surface area contributed by atoms with Crippen LogP contribution in [0, 0.1) is 15.5 Å². The number of non-ortho nitro benzene ring substituents is 1. The normalized spacial score (nSPS) is 20.7. The van der Waals surface area contributed by atoms with E-state index in [-0.39, 0.29) is 60.8 Å². The minimum atomic E-state index is -4.25. The van der Waals surface area contributed by atoms with Crippen molar-refractivity contribution >= 4 is 48.9 Å².